The number of aliphatic hydroxyl groups excluding tert-OH is 3. The van der Waals surface area contributed by atoms with Crippen LogP contribution in [0.25, 0.3) is 0 Å². The van der Waals surface area contributed by atoms with Gasteiger partial charge in [-0.15, -0.1) is 0 Å². The minimum absolute atomic E-state index is 0.00614. The highest BCUT2D eigenvalue weighted by molar-refractivity contribution is 5.76. The molecule has 0 aliphatic rings. The fourth-order valence-electron chi connectivity index (χ4n) is 7.06. The Balaban J connectivity index is 3.54. The molecule has 0 saturated carbocycles. The highest BCUT2D eigenvalue weighted by atomic mass is 16.3. The lowest BCUT2D eigenvalue weighted by Gasteiger charge is -2.21. The molecular weight excluding hydrogens is 655 g/mol. The van der Waals surface area contributed by atoms with Crippen molar-refractivity contribution in [3.05, 3.63) is 36.5 Å². The molecule has 5 heteroatoms. The first-order chi connectivity index (χ1) is 26.0. The van der Waals surface area contributed by atoms with Crippen LogP contribution in [-0.4, -0.2) is 46.1 Å². The maximum atomic E-state index is 12.4. The standard InChI is InChI=1S/C48H91NO4/c1-3-5-7-9-11-13-15-16-17-18-19-20-21-22-23-24-25-26-27-28-29-30-31-32-33-35-37-39-41-45(51)43-48(53)49-46(44-50)47(52)42-40-38-36-34-14-12-10-8-6-4-2/h14,22-23,34,40,42,45-47,50-52H,3-13,15-21,24-33,35-39,41,43-44H2,1-2H3,(H,49,53)/b23-22-,34-14+,42-40+. The van der Waals surface area contributed by atoms with Gasteiger partial charge in [0.15, 0.2) is 0 Å². The number of hydrogen-bond acceptors (Lipinski definition) is 4. The highest BCUT2D eigenvalue weighted by Gasteiger charge is 2.20. The number of rotatable bonds is 42. The molecule has 3 unspecified atom stereocenters. The fraction of sp³-hybridized carbons (Fsp3) is 0.854. The van der Waals surface area contributed by atoms with Crippen LogP contribution in [0, 0.1) is 0 Å². The summed E-state index contributed by atoms with van der Waals surface area (Å²) in [7, 11) is 0. The Hall–Kier alpha value is -1.43. The molecule has 0 heterocycles. The number of allylic oxidation sites excluding steroid dienone is 5. The van der Waals surface area contributed by atoms with Crippen LogP contribution in [0.4, 0.5) is 0 Å². The predicted octanol–water partition coefficient (Wildman–Crippen LogP) is 13.5. The summed E-state index contributed by atoms with van der Waals surface area (Å²) in [5.41, 5.74) is 0. The Morgan fingerprint density at radius 3 is 1.23 bits per heavy atom. The smallest absolute Gasteiger partial charge is 0.222 e. The van der Waals surface area contributed by atoms with E-state index in [-0.39, 0.29) is 18.9 Å². The van der Waals surface area contributed by atoms with Gasteiger partial charge < -0.3 is 20.6 Å². The average Bonchev–Trinajstić information content (AvgIpc) is 3.15. The van der Waals surface area contributed by atoms with Gasteiger partial charge in [0.2, 0.25) is 5.91 Å². The Morgan fingerprint density at radius 1 is 0.472 bits per heavy atom. The van der Waals surface area contributed by atoms with Crippen LogP contribution in [-0.2, 0) is 4.79 Å². The first-order valence-corrected chi connectivity index (χ1v) is 23.3. The second kappa shape index (κ2) is 43.3. The third-order valence-corrected chi connectivity index (χ3v) is 10.6. The van der Waals surface area contributed by atoms with Crippen LogP contribution in [0.3, 0.4) is 0 Å². The minimum Gasteiger partial charge on any atom is -0.394 e. The molecule has 0 aliphatic carbocycles. The van der Waals surface area contributed by atoms with Gasteiger partial charge in [0.1, 0.15) is 0 Å². The van der Waals surface area contributed by atoms with E-state index in [0.717, 1.165) is 32.1 Å². The highest BCUT2D eigenvalue weighted by Crippen LogP contribution is 2.16. The van der Waals surface area contributed by atoms with Crippen molar-refractivity contribution in [3.63, 3.8) is 0 Å². The molecule has 312 valence electrons. The number of amides is 1. The second-order valence-electron chi connectivity index (χ2n) is 16.0. The van der Waals surface area contributed by atoms with Crippen LogP contribution in [0.15, 0.2) is 36.5 Å². The van der Waals surface area contributed by atoms with Gasteiger partial charge in [0.25, 0.3) is 0 Å². The molecule has 0 fully saturated rings. The van der Waals surface area contributed by atoms with Crippen molar-refractivity contribution < 1.29 is 20.1 Å². The fourth-order valence-corrected chi connectivity index (χ4v) is 7.06. The van der Waals surface area contributed by atoms with E-state index in [9.17, 15) is 20.1 Å². The summed E-state index contributed by atoms with van der Waals surface area (Å²) < 4.78 is 0. The van der Waals surface area contributed by atoms with E-state index in [1.807, 2.05) is 6.08 Å². The van der Waals surface area contributed by atoms with E-state index in [2.05, 4.69) is 43.5 Å². The van der Waals surface area contributed by atoms with Gasteiger partial charge in [0, 0.05) is 0 Å². The van der Waals surface area contributed by atoms with Crippen LogP contribution < -0.4 is 5.32 Å². The molecule has 0 saturated heterocycles. The number of aliphatic hydroxyl groups is 3. The maximum Gasteiger partial charge on any atom is 0.222 e. The lowest BCUT2D eigenvalue weighted by Crippen LogP contribution is -2.45. The molecule has 0 bridgehead atoms. The lowest BCUT2D eigenvalue weighted by atomic mass is 10.0. The zero-order valence-corrected chi connectivity index (χ0v) is 35.4. The van der Waals surface area contributed by atoms with Gasteiger partial charge in [-0.3, -0.25) is 4.79 Å². The normalized spacial score (nSPS) is 13.8. The zero-order chi connectivity index (χ0) is 38.7. The Morgan fingerprint density at radius 2 is 0.811 bits per heavy atom. The van der Waals surface area contributed by atoms with E-state index in [4.69, 9.17) is 0 Å². The van der Waals surface area contributed by atoms with Crippen LogP contribution in [0.2, 0.25) is 0 Å². The second-order valence-corrected chi connectivity index (χ2v) is 16.0. The van der Waals surface area contributed by atoms with Gasteiger partial charge in [-0.2, -0.15) is 0 Å². The minimum atomic E-state index is -0.949. The molecule has 0 aromatic rings. The summed E-state index contributed by atoms with van der Waals surface area (Å²) in [5, 5.41) is 33.1. The Labute approximate surface area is 330 Å². The van der Waals surface area contributed by atoms with Crippen LogP contribution >= 0.6 is 0 Å². The van der Waals surface area contributed by atoms with Crippen LogP contribution in [0.1, 0.15) is 239 Å². The summed E-state index contributed by atoms with van der Waals surface area (Å²) in [4.78, 5) is 12.4. The van der Waals surface area contributed by atoms with E-state index in [0.29, 0.717) is 6.42 Å². The van der Waals surface area contributed by atoms with Crippen molar-refractivity contribution >= 4 is 5.91 Å². The van der Waals surface area contributed by atoms with Crippen molar-refractivity contribution in [2.24, 2.45) is 0 Å². The lowest BCUT2D eigenvalue weighted by molar-refractivity contribution is -0.124. The number of carbonyl (C=O) groups is 1. The van der Waals surface area contributed by atoms with E-state index in [1.165, 1.54) is 180 Å². The first-order valence-electron chi connectivity index (χ1n) is 23.3. The molecule has 0 aliphatic heterocycles. The predicted molar refractivity (Wildman–Crippen MR) is 231 cm³/mol. The number of unbranched alkanes of at least 4 members (excludes halogenated alkanes) is 29. The van der Waals surface area contributed by atoms with Crippen molar-refractivity contribution in [2.75, 3.05) is 6.61 Å². The first kappa shape index (κ1) is 51.6. The quantitative estimate of drug-likeness (QED) is 0.0370. The average molecular weight is 746 g/mol. The maximum absolute atomic E-state index is 12.4. The summed E-state index contributed by atoms with van der Waals surface area (Å²) in [6.45, 7) is 4.17. The topological polar surface area (TPSA) is 89.8 Å². The summed E-state index contributed by atoms with van der Waals surface area (Å²) in [6, 6.07) is -0.758. The monoisotopic (exact) mass is 746 g/mol. The van der Waals surface area contributed by atoms with Crippen molar-refractivity contribution in [2.45, 2.75) is 257 Å². The number of hydrogen-bond donors (Lipinski definition) is 4. The molecule has 53 heavy (non-hydrogen) atoms. The van der Waals surface area contributed by atoms with Gasteiger partial charge in [0.05, 0.1) is 31.3 Å². The van der Waals surface area contributed by atoms with Gasteiger partial charge >= 0.3 is 0 Å². The van der Waals surface area contributed by atoms with E-state index in [1.54, 1.807) is 6.08 Å². The Kier molecular flexibility index (Phi) is 42.1. The van der Waals surface area contributed by atoms with Crippen molar-refractivity contribution in [1.29, 1.82) is 0 Å². The molecule has 0 aromatic heterocycles. The van der Waals surface area contributed by atoms with Crippen molar-refractivity contribution in [1.82, 2.24) is 5.32 Å². The third kappa shape index (κ3) is 40.1. The summed E-state index contributed by atoms with van der Waals surface area (Å²) >= 11 is 0. The van der Waals surface area contributed by atoms with Gasteiger partial charge in [-0.05, 0) is 57.8 Å². The molecule has 0 aromatic carbocycles. The largest absolute Gasteiger partial charge is 0.394 e. The summed E-state index contributed by atoms with van der Waals surface area (Å²) in [6.07, 6.45) is 54.6. The van der Waals surface area contributed by atoms with Crippen molar-refractivity contribution in [3.8, 4) is 0 Å². The Bertz CT molecular complexity index is 824. The van der Waals surface area contributed by atoms with Gasteiger partial charge in [-0.1, -0.05) is 211 Å². The number of carbonyl (C=O) groups excluding carboxylic acids is 1. The van der Waals surface area contributed by atoms with E-state index >= 15 is 0 Å². The van der Waals surface area contributed by atoms with Crippen LogP contribution in [0.5, 0.6) is 0 Å². The molecule has 0 rings (SSSR count). The molecule has 3 atom stereocenters. The molecule has 0 radical (unpaired) electrons. The molecule has 1 amide bonds. The van der Waals surface area contributed by atoms with E-state index < -0.39 is 18.2 Å². The van der Waals surface area contributed by atoms with Gasteiger partial charge in [-0.25, -0.2) is 0 Å². The third-order valence-electron chi connectivity index (χ3n) is 10.6. The number of nitrogens with one attached hydrogen (secondary N) is 1. The SMILES string of the molecule is CCCCCC/C=C/CC/C=C/C(O)C(CO)NC(=O)CC(O)CCCCCCCCCCCCCC/C=C\CCCCCCCCCCCCCC. The molecule has 0 spiro atoms. The summed E-state index contributed by atoms with van der Waals surface area (Å²) in [5.74, 6) is -0.327. The zero-order valence-electron chi connectivity index (χ0n) is 35.4. The molecule has 4 N–H and O–H groups in total. The molecular formula is C48H91NO4. The molecule has 5 nitrogen and oxygen atoms in total.